The SMILES string of the molecule is COc1ccc2[nH]cc(C(=O)c3ccc(F)cc3)c2c1. The number of ether oxygens (including phenoxy) is 1. The van der Waals surface area contributed by atoms with Gasteiger partial charge in [-0.05, 0) is 42.5 Å². The fourth-order valence-corrected chi connectivity index (χ4v) is 2.17. The summed E-state index contributed by atoms with van der Waals surface area (Å²) in [5, 5.41) is 0.790. The van der Waals surface area contributed by atoms with Crippen molar-refractivity contribution in [2.24, 2.45) is 0 Å². The summed E-state index contributed by atoms with van der Waals surface area (Å²) in [5.41, 5.74) is 1.86. The number of ketones is 1. The van der Waals surface area contributed by atoms with Gasteiger partial charge in [-0.25, -0.2) is 4.39 Å². The molecule has 3 nitrogen and oxygen atoms in total. The summed E-state index contributed by atoms with van der Waals surface area (Å²) < 4.78 is 18.1. The summed E-state index contributed by atoms with van der Waals surface area (Å²) >= 11 is 0. The third-order valence-corrected chi connectivity index (χ3v) is 3.24. The van der Waals surface area contributed by atoms with Gasteiger partial charge < -0.3 is 9.72 Å². The first kappa shape index (κ1) is 12.4. The number of benzene rings is 2. The van der Waals surface area contributed by atoms with Crippen LogP contribution in [0.3, 0.4) is 0 Å². The summed E-state index contributed by atoms with van der Waals surface area (Å²) in [6.45, 7) is 0. The summed E-state index contributed by atoms with van der Waals surface area (Å²) in [5.74, 6) is 0.178. The van der Waals surface area contributed by atoms with Crippen LogP contribution in [0.5, 0.6) is 5.75 Å². The van der Waals surface area contributed by atoms with Gasteiger partial charge in [-0.15, -0.1) is 0 Å². The molecule has 0 aliphatic rings. The molecule has 4 heteroatoms. The van der Waals surface area contributed by atoms with Crippen LogP contribution in [0.4, 0.5) is 4.39 Å². The van der Waals surface area contributed by atoms with Gasteiger partial charge in [0.15, 0.2) is 5.78 Å². The van der Waals surface area contributed by atoms with Crippen molar-refractivity contribution in [1.82, 2.24) is 4.98 Å². The Morgan fingerprint density at radius 3 is 2.60 bits per heavy atom. The van der Waals surface area contributed by atoms with Crippen LogP contribution >= 0.6 is 0 Å². The minimum atomic E-state index is -0.359. The second-order valence-corrected chi connectivity index (χ2v) is 4.45. The lowest BCUT2D eigenvalue weighted by atomic mass is 10.0. The Kier molecular flexibility index (Phi) is 2.99. The Morgan fingerprint density at radius 2 is 1.90 bits per heavy atom. The monoisotopic (exact) mass is 269 g/mol. The Morgan fingerprint density at radius 1 is 1.15 bits per heavy atom. The molecule has 0 aliphatic heterocycles. The summed E-state index contributed by atoms with van der Waals surface area (Å²) in [4.78, 5) is 15.5. The molecule has 0 saturated carbocycles. The number of halogens is 1. The second-order valence-electron chi connectivity index (χ2n) is 4.45. The minimum Gasteiger partial charge on any atom is -0.497 e. The van der Waals surface area contributed by atoms with Gasteiger partial charge in [-0.2, -0.15) is 0 Å². The van der Waals surface area contributed by atoms with Crippen LogP contribution in [0, 0.1) is 5.82 Å². The fourth-order valence-electron chi connectivity index (χ4n) is 2.17. The number of fused-ring (bicyclic) bond motifs is 1. The number of rotatable bonds is 3. The maximum atomic E-state index is 12.9. The molecule has 2 aromatic carbocycles. The van der Waals surface area contributed by atoms with Gasteiger partial charge in [0.1, 0.15) is 11.6 Å². The largest absolute Gasteiger partial charge is 0.497 e. The summed E-state index contributed by atoms with van der Waals surface area (Å²) in [6, 6.07) is 11.0. The van der Waals surface area contributed by atoms with E-state index in [9.17, 15) is 9.18 Å². The highest BCUT2D eigenvalue weighted by atomic mass is 19.1. The topological polar surface area (TPSA) is 42.1 Å². The zero-order chi connectivity index (χ0) is 14.1. The number of aromatic amines is 1. The first-order chi connectivity index (χ1) is 9.69. The van der Waals surface area contributed by atoms with E-state index in [1.54, 1.807) is 13.3 Å². The number of methoxy groups -OCH3 is 1. The van der Waals surface area contributed by atoms with Crippen molar-refractivity contribution in [3.05, 3.63) is 65.6 Å². The summed E-state index contributed by atoms with van der Waals surface area (Å²) in [7, 11) is 1.58. The third kappa shape index (κ3) is 2.05. The molecule has 0 fully saturated rings. The van der Waals surface area contributed by atoms with Crippen LogP contribution in [0.1, 0.15) is 15.9 Å². The first-order valence-electron chi connectivity index (χ1n) is 6.14. The van der Waals surface area contributed by atoms with Crippen molar-refractivity contribution in [2.75, 3.05) is 7.11 Å². The molecule has 0 radical (unpaired) electrons. The number of nitrogens with one attached hydrogen (secondary N) is 1. The number of H-pyrrole nitrogens is 1. The number of hydrogen-bond acceptors (Lipinski definition) is 2. The molecular weight excluding hydrogens is 257 g/mol. The maximum Gasteiger partial charge on any atom is 0.195 e. The molecule has 3 rings (SSSR count). The molecule has 0 saturated heterocycles. The van der Waals surface area contributed by atoms with Gasteiger partial charge in [0, 0.05) is 28.2 Å². The van der Waals surface area contributed by atoms with E-state index in [1.807, 2.05) is 18.2 Å². The molecule has 3 aromatic rings. The normalized spacial score (nSPS) is 10.7. The van der Waals surface area contributed by atoms with Gasteiger partial charge >= 0.3 is 0 Å². The number of carbonyl (C=O) groups excluding carboxylic acids is 1. The van der Waals surface area contributed by atoms with Crippen LogP contribution in [-0.2, 0) is 0 Å². The zero-order valence-corrected chi connectivity index (χ0v) is 10.8. The molecule has 0 aliphatic carbocycles. The van der Waals surface area contributed by atoms with Gasteiger partial charge in [0.2, 0.25) is 0 Å². The van der Waals surface area contributed by atoms with Crippen LogP contribution in [0.25, 0.3) is 10.9 Å². The maximum absolute atomic E-state index is 12.9. The standard InChI is InChI=1S/C16H12FNO2/c1-20-12-6-7-15-13(8-12)14(9-18-15)16(19)10-2-4-11(17)5-3-10/h2-9,18H,1H3. The highest BCUT2D eigenvalue weighted by Gasteiger charge is 2.14. The molecule has 0 bridgehead atoms. The van der Waals surface area contributed by atoms with Crippen LogP contribution in [0.15, 0.2) is 48.7 Å². The Bertz CT molecular complexity index is 775. The van der Waals surface area contributed by atoms with Crippen LogP contribution in [0.2, 0.25) is 0 Å². The molecule has 20 heavy (non-hydrogen) atoms. The van der Waals surface area contributed by atoms with Gasteiger partial charge in [0.25, 0.3) is 0 Å². The molecular formula is C16H12FNO2. The van der Waals surface area contributed by atoms with E-state index in [0.29, 0.717) is 16.9 Å². The Balaban J connectivity index is 2.09. The molecule has 100 valence electrons. The quantitative estimate of drug-likeness (QED) is 0.739. The minimum absolute atomic E-state index is 0.149. The van der Waals surface area contributed by atoms with Gasteiger partial charge in [-0.1, -0.05) is 0 Å². The fraction of sp³-hybridized carbons (Fsp3) is 0.0625. The lowest BCUT2D eigenvalue weighted by Crippen LogP contribution is -2.00. The third-order valence-electron chi connectivity index (χ3n) is 3.24. The van der Waals surface area contributed by atoms with E-state index in [-0.39, 0.29) is 11.6 Å². The molecule has 1 aromatic heterocycles. The predicted octanol–water partition coefficient (Wildman–Crippen LogP) is 3.55. The van der Waals surface area contributed by atoms with E-state index in [1.165, 1.54) is 24.3 Å². The van der Waals surface area contributed by atoms with Crippen molar-refractivity contribution in [1.29, 1.82) is 0 Å². The van der Waals surface area contributed by atoms with E-state index < -0.39 is 0 Å². The van der Waals surface area contributed by atoms with Crippen molar-refractivity contribution in [3.63, 3.8) is 0 Å². The van der Waals surface area contributed by atoms with E-state index in [4.69, 9.17) is 4.74 Å². The number of carbonyl (C=O) groups is 1. The molecule has 0 atom stereocenters. The second kappa shape index (κ2) is 4.81. The molecule has 0 unspecified atom stereocenters. The summed E-state index contributed by atoms with van der Waals surface area (Å²) in [6.07, 6.45) is 1.66. The van der Waals surface area contributed by atoms with Gasteiger partial charge in [-0.3, -0.25) is 4.79 Å². The number of hydrogen-bond donors (Lipinski definition) is 1. The Hall–Kier alpha value is -2.62. The molecule has 1 heterocycles. The predicted molar refractivity (Wildman–Crippen MR) is 74.7 cm³/mol. The first-order valence-corrected chi connectivity index (χ1v) is 6.14. The lowest BCUT2D eigenvalue weighted by molar-refractivity contribution is 0.104. The zero-order valence-electron chi connectivity index (χ0n) is 10.8. The highest BCUT2D eigenvalue weighted by molar-refractivity contribution is 6.16. The van der Waals surface area contributed by atoms with Crippen LogP contribution < -0.4 is 4.74 Å². The van der Waals surface area contributed by atoms with Crippen molar-refractivity contribution in [3.8, 4) is 5.75 Å². The van der Waals surface area contributed by atoms with Crippen molar-refractivity contribution < 1.29 is 13.9 Å². The van der Waals surface area contributed by atoms with E-state index in [2.05, 4.69) is 4.98 Å². The van der Waals surface area contributed by atoms with E-state index in [0.717, 1.165) is 10.9 Å². The van der Waals surface area contributed by atoms with Gasteiger partial charge in [0.05, 0.1) is 7.11 Å². The van der Waals surface area contributed by atoms with E-state index >= 15 is 0 Å². The van der Waals surface area contributed by atoms with Crippen LogP contribution in [-0.4, -0.2) is 17.9 Å². The average molecular weight is 269 g/mol. The Labute approximate surface area is 115 Å². The number of aromatic nitrogens is 1. The molecule has 0 spiro atoms. The van der Waals surface area contributed by atoms with Crippen molar-refractivity contribution in [2.45, 2.75) is 0 Å². The average Bonchev–Trinajstić information content (AvgIpc) is 2.90. The van der Waals surface area contributed by atoms with Crippen molar-refractivity contribution >= 4 is 16.7 Å². The lowest BCUT2D eigenvalue weighted by Gasteiger charge is -2.02. The smallest absolute Gasteiger partial charge is 0.195 e. The molecule has 1 N–H and O–H groups in total. The molecule has 0 amide bonds. The highest BCUT2D eigenvalue weighted by Crippen LogP contribution is 2.25.